The second-order valence-electron chi connectivity index (χ2n) is 5.60. The van der Waals surface area contributed by atoms with Crippen molar-refractivity contribution in [2.45, 2.75) is 13.8 Å². The number of amides is 2. The van der Waals surface area contributed by atoms with Crippen molar-refractivity contribution in [3.8, 4) is 11.5 Å². The third kappa shape index (κ3) is 5.91. The summed E-state index contributed by atoms with van der Waals surface area (Å²) in [6, 6.07) is 6.80. The highest BCUT2D eigenvalue weighted by atomic mass is 16.5. The molecule has 146 valence electrons. The van der Waals surface area contributed by atoms with Crippen LogP contribution >= 0.6 is 0 Å². The summed E-state index contributed by atoms with van der Waals surface area (Å²) in [5, 5.41) is 11.8. The molecule has 0 saturated heterocycles. The van der Waals surface area contributed by atoms with Gasteiger partial charge in [-0.2, -0.15) is 4.98 Å². The van der Waals surface area contributed by atoms with Gasteiger partial charge in [-0.05, 0) is 26.0 Å². The van der Waals surface area contributed by atoms with Crippen LogP contribution in [0.2, 0.25) is 0 Å². The summed E-state index contributed by atoms with van der Waals surface area (Å²) in [4.78, 5) is 20.8. The number of nitrogens with zero attached hydrogens (tertiary/aromatic N) is 2. The SMILES string of the molecule is CCNc1cc(C)nc(NCCNC(=O)Nc2cccc(OC)c2OC)n1. The van der Waals surface area contributed by atoms with E-state index in [9.17, 15) is 4.79 Å². The highest BCUT2D eigenvalue weighted by Gasteiger charge is 2.11. The number of aryl methyl sites for hydroxylation is 1. The molecular weight excluding hydrogens is 348 g/mol. The lowest BCUT2D eigenvalue weighted by atomic mass is 10.2. The molecule has 0 radical (unpaired) electrons. The first-order valence-corrected chi connectivity index (χ1v) is 8.66. The number of hydrogen-bond donors (Lipinski definition) is 4. The van der Waals surface area contributed by atoms with Crippen molar-refractivity contribution in [3.63, 3.8) is 0 Å². The van der Waals surface area contributed by atoms with Crippen LogP contribution in [0.15, 0.2) is 24.3 Å². The first-order valence-electron chi connectivity index (χ1n) is 8.66. The predicted octanol–water partition coefficient (Wildman–Crippen LogP) is 2.47. The van der Waals surface area contributed by atoms with Crippen molar-refractivity contribution in [3.05, 3.63) is 30.0 Å². The van der Waals surface area contributed by atoms with Crippen molar-refractivity contribution in [2.75, 3.05) is 49.8 Å². The molecule has 27 heavy (non-hydrogen) atoms. The number of nitrogens with one attached hydrogen (secondary N) is 4. The van der Waals surface area contributed by atoms with Crippen molar-refractivity contribution in [2.24, 2.45) is 0 Å². The van der Waals surface area contributed by atoms with E-state index in [1.54, 1.807) is 25.3 Å². The number of para-hydroxylation sites is 1. The average Bonchev–Trinajstić information content (AvgIpc) is 2.65. The second-order valence-corrected chi connectivity index (χ2v) is 5.60. The Morgan fingerprint density at radius 3 is 2.63 bits per heavy atom. The van der Waals surface area contributed by atoms with Crippen LogP contribution in [0.25, 0.3) is 0 Å². The lowest BCUT2D eigenvalue weighted by Gasteiger charge is -2.14. The number of benzene rings is 1. The van der Waals surface area contributed by atoms with Crippen LogP contribution in [0, 0.1) is 6.92 Å². The molecule has 0 unspecified atom stereocenters. The number of urea groups is 1. The van der Waals surface area contributed by atoms with E-state index in [4.69, 9.17) is 9.47 Å². The number of anilines is 3. The normalized spacial score (nSPS) is 10.1. The molecule has 9 heteroatoms. The number of carbonyl (C=O) groups is 1. The predicted molar refractivity (Wildman–Crippen MR) is 106 cm³/mol. The number of ether oxygens (including phenoxy) is 2. The molecule has 0 bridgehead atoms. The van der Waals surface area contributed by atoms with Gasteiger partial charge in [0.15, 0.2) is 11.5 Å². The average molecular weight is 374 g/mol. The summed E-state index contributed by atoms with van der Waals surface area (Å²) in [7, 11) is 3.07. The zero-order chi connectivity index (χ0) is 19.6. The third-order valence-electron chi connectivity index (χ3n) is 3.56. The Balaban J connectivity index is 1.83. The number of methoxy groups -OCH3 is 2. The summed E-state index contributed by atoms with van der Waals surface area (Å²) < 4.78 is 10.5. The summed E-state index contributed by atoms with van der Waals surface area (Å²) >= 11 is 0. The lowest BCUT2D eigenvalue weighted by Crippen LogP contribution is -2.33. The van der Waals surface area contributed by atoms with Gasteiger partial charge in [-0.3, -0.25) is 0 Å². The molecule has 1 aromatic carbocycles. The summed E-state index contributed by atoms with van der Waals surface area (Å²) in [5.74, 6) is 2.30. The molecule has 0 aliphatic heterocycles. The molecule has 2 aromatic rings. The Morgan fingerprint density at radius 2 is 1.93 bits per heavy atom. The third-order valence-corrected chi connectivity index (χ3v) is 3.56. The van der Waals surface area contributed by atoms with Gasteiger partial charge in [-0.15, -0.1) is 0 Å². The summed E-state index contributed by atoms with van der Waals surface area (Å²) in [5.41, 5.74) is 1.39. The summed E-state index contributed by atoms with van der Waals surface area (Å²) in [6.07, 6.45) is 0. The molecule has 1 heterocycles. The standard InChI is InChI=1S/C18H26N6O3/c1-5-19-15-11-12(2)22-17(24-15)20-9-10-21-18(25)23-13-7-6-8-14(26-3)16(13)27-4/h6-8,11H,5,9-10H2,1-4H3,(H2,21,23,25)(H2,19,20,22,24). The molecule has 0 fully saturated rings. The van der Waals surface area contributed by atoms with Crippen LogP contribution in [0.4, 0.5) is 22.2 Å². The van der Waals surface area contributed by atoms with Gasteiger partial charge in [0.2, 0.25) is 5.95 Å². The molecule has 0 aliphatic carbocycles. The van der Waals surface area contributed by atoms with E-state index in [0.717, 1.165) is 18.1 Å². The van der Waals surface area contributed by atoms with E-state index in [2.05, 4.69) is 31.2 Å². The minimum absolute atomic E-state index is 0.346. The van der Waals surface area contributed by atoms with Crippen LogP contribution in [0.5, 0.6) is 11.5 Å². The lowest BCUT2D eigenvalue weighted by molar-refractivity contribution is 0.252. The van der Waals surface area contributed by atoms with Crippen molar-refractivity contribution < 1.29 is 14.3 Å². The molecule has 1 aromatic heterocycles. The Labute approximate surface area is 158 Å². The molecular formula is C18H26N6O3. The quantitative estimate of drug-likeness (QED) is 0.499. The highest BCUT2D eigenvalue weighted by Crippen LogP contribution is 2.34. The van der Waals surface area contributed by atoms with Gasteiger partial charge in [-0.1, -0.05) is 6.07 Å². The Morgan fingerprint density at radius 1 is 1.11 bits per heavy atom. The van der Waals surface area contributed by atoms with E-state index in [1.807, 2.05) is 19.9 Å². The minimum atomic E-state index is -0.346. The molecule has 0 aliphatic rings. The van der Waals surface area contributed by atoms with E-state index < -0.39 is 0 Å². The van der Waals surface area contributed by atoms with Crippen molar-refractivity contribution >= 4 is 23.5 Å². The van der Waals surface area contributed by atoms with Crippen molar-refractivity contribution in [1.29, 1.82) is 0 Å². The minimum Gasteiger partial charge on any atom is -0.493 e. The van der Waals surface area contributed by atoms with Crippen LogP contribution in [0.3, 0.4) is 0 Å². The Hall–Kier alpha value is -3.23. The van der Waals surface area contributed by atoms with Gasteiger partial charge < -0.3 is 30.7 Å². The highest BCUT2D eigenvalue weighted by molar-refractivity contribution is 5.91. The van der Waals surface area contributed by atoms with Gasteiger partial charge in [0.05, 0.1) is 19.9 Å². The van der Waals surface area contributed by atoms with Gasteiger partial charge in [-0.25, -0.2) is 9.78 Å². The fourth-order valence-electron chi connectivity index (χ4n) is 2.42. The zero-order valence-electron chi connectivity index (χ0n) is 16.0. The van der Waals surface area contributed by atoms with E-state index >= 15 is 0 Å². The number of aromatic nitrogens is 2. The van der Waals surface area contributed by atoms with Gasteiger partial charge in [0.25, 0.3) is 0 Å². The zero-order valence-corrected chi connectivity index (χ0v) is 16.0. The van der Waals surface area contributed by atoms with E-state index in [-0.39, 0.29) is 6.03 Å². The number of carbonyl (C=O) groups excluding carboxylic acids is 1. The molecule has 9 nitrogen and oxygen atoms in total. The smallest absolute Gasteiger partial charge is 0.319 e. The van der Waals surface area contributed by atoms with Crippen LogP contribution in [-0.4, -0.2) is 49.9 Å². The summed E-state index contributed by atoms with van der Waals surface area (Å²) in [6.45, 7) is 5.57. The largest absolute Gasteiger partial charge is 0.493 e. The second kappa shape index (κ2) is 10.0. The monoisotopic (exact) mass is 374 g/mol. The van der Waals surface area contributed by atoms with Crippen LogP contribution < -0.4 is 30.7 Å². The molecule has 2 rings (SSSR count). The molecule has 0 saturated carbocycles. The molecule has 0 atom stereocenters. The maximum Gasteiger partial charge on any atom is 0.319 e. The maximum atomic E-state index is 12.1. The fourth-order valence-corrected chi connectivity index (χ4v) is 2.42. The number of hydrogen-bond acceptors (Lipinski definition) is 7. The number of rotatable bonds is 9. The first kappa shape index (κ1) is 20.1. The topological polar surface area (TPSA) is 109 Å². The molecule has 4 N–H and O–H groups in total. The van der Waals surface area contributed by atoms with Gasteiger partial charge >= 0.3 is 6.03 Å². The Kier molecular flexibility index (Phi) is 7.48. The Bertz CT molecular complexity index is 769. The van der Waals surface area contributed by atoms with Gasteiger partial charge in [0.1, 0.15) is 5.82 Å². The van der Waals surface area contributed by atoms with E-state index in [0.29, 0.717) is 36.2 Å². The van der Waals surface area contributed by atoms with Crippen LogP contribution in [-0.2, 0) is 0 Å². The maximum absolute atomic E-state index is 12.1. The molecule has 2 amide bonds. The first-order chi connectivity index (χ1) is 13.1. The van der Waals surface area contributed by atoms with Crippen LogP contribution in [0.1, 0.15) is 12.6 Å². The molecule has 0 spiro atoms. The van der Waals surface area contributed by atoms with E-state index in [1.165, 1.54) is 7.11 Å². The fraction of sp³-hybridized carbons (Fsp3) is 0.389. The van der Waals surface area contributed by atoms with Gasteiger partial charge in [0, 0.05) is 31.4 Å². The van der Waals surface area contributed by atoms with Crippen molar-refractivity contribution in [1.82, 2.24) is 15.3 Å².